The van der Waals surface area contributed by atoms with E-state index < -0.39 is 5.97 Å². The molecule has 0 aliphatic heterocycles. The number of ether oxygens (including phenoxy) is 1. The number of furan rings is 1. The highest BCUT2D eigenvalue weighted by Crippen LogP contribution is 2.34. The molecule has 0 saturated heterocycles. The first kappa shape index (κ1) is 13.4. The van der Waals surface area contributed by atoms with Gasteiger partial charge in [-0.25, -0.2) is 9.18 Å². The van der Waals surface area contributed by atoms with Crippen molar-refractivity contribution in [2.24, 2.45) is 0 Å². The summed E-state index contributed by atoms with van der Waals surface area (Å²) in [6.07, 6.45) is 0. The number of carbonyl (C=O) groups excluding carboxylic acids is 1. The number of hydrogen-bond donors (Lipinski definition) is 0. The maximum Gasteiger partial charge on any atom is 0.342 e. The Kier molecular flexibility index (Phi) is 3.44. The predicted octanol–water partition coefficient (Wildman–Crippen LogP) is 4.42. The Labute approximate surface area is 120 Å². The lowest BCUT2D eigenvalue weighted by Gasteiger charge is -2.03. The zero-order valence-electron chi connectivity index (χ0n) is 11.4. The largest absolute Gasteiger partial charge is 0.462 e. The molecule has 3 rings (SSSR count). The second-order valence-corrected chi connectivity index (χ2v) is 4.53. The molecular weight excluding hydrogens is 271 g/mol. The molecule has 106 valence electrons. The number of rotatable bonds is 3. The molecule has 0 saturated carbocycles. The average Bonchev–Trinajstić information content (AvgIpc) is 2.87. The molecule has 1 heterocycles. The Hall–Kier alpha value is -2.62. The van der Waals surface area contributed by atoms with E-state index in [1.54, 1.807) is 31.2 Å². The lowest BCUT2D eigenvalue weighted by atomic mass is 10.1. The van der Waals surface area contributed by atoms with E-state index >= 15 is 0 Å². The van der Waals surface area contributed by atoms with Gasteiger partial charge in [0.1, 0.15) is 22.7 Å². The van der Waals surface area contributed by atoms with Gasteiger partial charge < -0.3 is 9.15 Å². The molecule has 4 heteroatoms. The topological polar surface area (TPSA) is 39.4 Å². The van der Waals surface area contributed by atoms with E-state index in [1.165, 1.54) is 12.1 Å². The van der Waals surface area contributed by atoms with Crippen LogP contribution in [0.1, 0.15) is 17.3 Å². The SMILES string of the molecule is CCOC(=O)c1c(-c2cccc(F)c2)oc2ccccc12. The highest BCUT2D eigenvalue weighted by Gasteiger charge is 2.23. The van der Waals surface area contributed by atoms with Crippen LogP contribution in [0, 0.1) is 5.82 Å². The number of esters is 1. The van der Waals surface area contributed by atoms with Crippen molar-refractivity contribution in [3.05, 3.63) is 59.9 Å². The quantitative estimate of drug-likeness (QED) is 0.668. The number of fused-ring (bicyclic) bond motifs is 1. The van der Waals surface area contributed by atoms with Crippen molar-refractivity contribution in [2.75, 3.05) is 6.61 Å². The fourth-order valence-electron chi connectivity index (χ4n) is 2.28. The predicted molar refractivity (Wildman–Crippen MR) is 77.6 cm³/mol. The second kappa shape index (κ2) is 5.40. The maximum absolute atomic E-state index is 13.4. The van der Waals surface area contributed by atoms with Crippen LogP contribution in [-0.4, -0.2) is 12.6 Å². The summed E-state index contributed by atoms with van der Waals surface area (Å²) < 4.78 is 24.3. The lowest BCUT2D eigenvalue weighted by Crippen LogP contribution is -2.05. The first-order valence-electron chi connectivity index (χ1n) is 6.65. The Bertz CT molecular complexity index is 805. The molecule has 0 bridgehead atoms. The van der Waals surface area contributed by atoms with Crippen LogP contribution in [0.4, 0.5) is 4.39 Å². The number of carbonyl (C=O) groups is 1. The van der Waals surface area contributed by atoms with Crippen molar-refractivity contribution in [1.82, 2.24) is 0 Å². The van der Waals surface area contributed by atoms with Gasteiger partial charge in [-0.15, -0.1) is 0 Å². The van der Waals surface area contributed by atoms with Crippen molar-refractivity contribution >= 4 is 16.9 Å². The Morgan fingerprint density at radius 1 is 1.19 bits per heavy atom. The summed E-state index contributed by atoms with van der Waals surface area (Å²) in [5.74, 6) is -0.529. The van der Waals surface area contributed by atoms with E-state index in [2.05, 4.69) is 0 Å². The molecule has 0 atom stereocenters. The van der Waals surface area contributed by atoms with Crippen molar-refractivity contribution in [1.29, 1.82) is 0 Å². The summed E-state index contributed by atoms with van der Waals surface area (Å²) in [6, 6.07) is 13.1. The molecule has 0 unspecified atom stereocenters. The summed E-state index contributed by atoms with van der Waals surface area (Å²) in [6.45, 7) is 2.00. The third-order valence-electron chi connectivity index (χ3n) is 3.16. The molecular formula is C17H13FO3. The highest BCUT2D eigenvalue weighted by atomic mass is 19.1. The van der Waals surface area contributed by atoms with E-state index in [0.717, 1.165) is 0 Å². The third kappa shape index (κ3) is 2.40. The van der Waals surface area contributed by atoms with Crippen LogP contribution < -0.4 is 0 Å². The molecule has 0 spiro atoms. The van der Waals surface area contributed by atoms with E-state index in [-0.39, 0.29) is 12.4 Å². The zero-order chi connectivity index (χ0) is 14.8. The summed E-state index contributed by atoms with van der Waals surface area (Å²) in [5.41, 5.74) is 1.41. The van der Waals surface area contributed by atoms with Gasteiger partial charge >= 0.3 is 5.97 Å². The molecule has 0 radical (unpaired) electrons. The van der Waals surface area contributed by atoms with Gasteiger partial charge in [0.15, 0.2) is 0 Å². The number of para-hydroxylation sites is 1. The van der Waals surface area contributed by atoms with E-state index in [0.29, 0.717) is 27.9 Å². The lowest BCUT2D eigenvalue weighted by molar-refractivity contribution is 0.0528. The zero-order valence-corrected chi connectivity index (χ0v) is 11.4. The molecule has 3 nitrogen and oxygen atoms in total. The monoisotopic (exact) mass is 284 g/mol. The van der Waals surface area contributed by atoms with Crippen LogP contribution in [0.2, 0.25) is 0 Å². The fourth-order valence-corrected chi connectivity index (χ4v) is 2.28. The normalized spacial score (nSPS) is 10.8. The third-order valence-corrected chi connectivity index (χ3v) is 3.16. The van der Waals surface area contributed by atoms with Gasteiger partial charge in [-0.1, -0.05) is 30.3 Å². The first-order chi connectivity index (χ1) is 10.2. The van der Waals surface area contributed by atoms with Crippen molar-refractivity contribution in [3.8, 4) is 11.3 Å². The van der Waals surface area contributed by atoms with Gasteiger partial charge in [0.05, 0.1) is 6.61 Å². The second-order valence-electron chi connectivity index (χ2n) is 4.53. The van der Waals surface area contributed by atoms with E-state index in [1.807, 2.05) is 12.1 Å². The molecule has 0 aliphatic rings. The number of benzene rings is 2. The molecule has 0 amide bonds. The maximum atomic E-state index is 13.4. The van der Waals surface area contributed by atoms with Crippen molar-refractivity contribution in [3.63, 3.8) is 0 Å². The van der Waals surface area contributed by atoms with Crippen LogP contribution in [0.15, 0.2) is 52.9 Å². The molecule has 0 fully saturated rings. The number of halogens is 1. The first-order valence-corrected chi connectivity index (χ1v) is 6.65. The van der Waals surface area contributed by atoms with Crippen LogP contribution in [0.3, 0.4) is 0 Å². The van der Waals surface area contributed by atoms with Gasteiger partial charge in [-0.05, 0) is 25.1 Å². The summed E-state index contributed by atoms with van der Waals surface area (Å²) in [7, 11) is 0. The van der Waals surface area contributed by atoms with E-state index in [4.69, 9.17) is 9.15 Å². The summed E-state index contributed by atoms with van der Waals surface area (Å²) in [5, 5.41) is 0.662. The molecule has 0 N–H and O–H groups in total. The Morgan fingerprint density at radius 3 is 2.76 bits per heavy atom. The minimum atomic E-state index is -0.471. The highest BCUT2D eigenvalue weighted by molar-refractivity contribution is 6.08. The standard InChI is InChI=1S/C17H13FO3/c1-2-20-17(19)15-13-8-3-4-9-14(13)21-16(15)11-6-5-7-12(18)10-11/h3-10H,2H2,1H3. The number of hydrogen-bond acceptors (Lipinski definition) is 3. The Morgan fingerprint density at radius 2 is 2.00 bits per heavy atom. The smallest absolute Gasteiger partial charge is 0.342 e. The van der Waals surface area contributed by atoms with Crippen molar-refractivity contribution in [2.45, 2.75) is 6.92 Å². The van der Waals surface area contributed by atoms with E-state index in [9.17, 15) is 9.18 Å². The summed E-state index contributed by atoms with van der Waals surface area (Å²) in [4.78, 5) is 12.2. The minimum Gasteiger partial charge on any atom is -0.462 e. The van der Waals surface area contributed by atoms with Crippen LogP contribution in [-0.2, 0) is 4.74 Å². The molecule has 3 aromatic rings. The van der Waals surface area contributed by atoms with Gasteiger partial charge in [0, 0.05) is 10.9 Å². The van der Waals surface area contributed by atoms with Crippen molar-refractivity contribution < 1.29 is 18.3 Å². The fraction of sp³-hybridized carbons (Fsp3) is 0.118. The van der Waals surface area contributed by atoms with Crippen LogP contribution in [0.25, 0.3) is 22.3 Å². The van der Waals surface area contributed by atoms with Gasteiger partial charge in [0.2, 0.25) is 0 Å². The van der Waals surface area contributed by atoms with Crippen LogP contribution in [0.5, 0.6) is 0 Å². The Balaban J connectivity index is 2.26. The van der Waals surface area contributed by atoms with Crippen LogP contribution >= 0.6 is 0 Å². The molecule has 2 aromatic carbocycles. The molecule has 21 heavy (non-hydrogen) atoms. The average molecular weight is 284 g/mol. The molecule has 0 aliphatic carbocycles. The minimum absolute atomic E-state index is 0.265. The molecule has 1 aromatic heterocycles. The van der Waals surface area contributed by atoms with Gasteiger partial charge in [-0.3, -0.25) is 0 Å². The summed E-state index contributed by atoms with van der Waals surface area (Å²) >= 11 is 0. The van der Waals surface area contributed by atoms with Gasteiger partial charge in [0.25, 0.3) is 0 Å². The van der Waals surface area contributed by atoms with Gasteiger partial charge in [-0.2, -0.15) is 0 Å².